The van der Waals surface area contributed by atoms with Crippen molar-refractivity contribution in [2.45, 2.75) is 13.5 Å². The third kappa shape index (κ3) is 1.75. The first kappa shape index (κ1) is 10.2. The Morgan fingerprint density at radius 2 is 2.31 bits per heavy atom. The number of aromatic nitrogens is 2. The number of benzene rings is 1. The summed E-state index contributed by atoms with van der Waals surface area (Å²) in [4.78, 5) is 0. The van der Waals surface area contributed by atoms with E-state index >= 15 is 0 Å². The lowest BCUT2D eigenvalue weighted by Crippen LogP contribution is -1.92. The number of nitrogen functional groups attached to an aromatic ring is 1. The minimum absolute atomic E-state index is 0.579. The second-order valence-electron chi connectivity index (χ2n) is 3.50. The van der Waals surface area contributed by atoms with Crippen LogP contribution in [0.5, 0.6) is 0 Å². The molecule has 1 aromatic heterocycles. The fourth-order valence-corrected chi connectivity index (χ4v) is 1.58. The van der Waals surface area contributed by atoms with Gasteiger partial charge < -0.3 is 5.73 Å². The highest BCUT2D eigenvalue weighted by Crippen LogP contribution is 2.24. The maximum absolute atomic E-state index is 9.04. The van der Waals surface area contributed by atoms with Gasteiger partial charge in [0.1, 0.15) is 0 Å². The van der Waals surface area contributed by atoms with Crippen LogP contribution in [0.25, 0.3) is 11.1 Å². The van der Waals surface area contributed by atoms with Crippen molar-refractivity contribution in [3.63, 3.8) is 0 Å². The van der Waals surface area contributed by atoms with E-state index < -0.39 is 0 Å². The Hall–Kier alpha value is -2.28. The van der Waals surface area contributed by atoms with Gasteiger partial charge in [-0.05, 0) is 19.1 Å². The smallest absolute Gasteiger partial charge is 0.0998 e. The maximum Gasteiger partial charge on any atom is 0.0998 e. The number of anilines is 1. The minimum Gasteiger partial charge on any atom is -0.399 e. The molecule has 4 nitrogen and oxygen atoms in total. The molecule has 2 aromatic rings. The molecule has 0 saturated carbocycles. The van der Waals surface area contributed by atoms with Crippen molar-refractivity contribution < 1.29 is 0 Å². The Morgan fingerprint density at radius 1 is 1.50 bits per heavy atom. The van der Waals surface area contributed by atoms with Crippen LogP contribution >= 0.6 is 0 Å². The normalized spacial score (nSPS) is 10.0. The number of aryl methyl sites for hydroxylation is 1. The van der Waals surface area contributed by atoms with Crippen LogP contribution in [-0.2, 0) is 6.54 Å². The topological polar surface area (TPSA) is 67.6 Å². The Morgan fingerprint density at radius 3 is 2.94 bits per heavy atom. The summed E-state index contributed by atoms with van der Waals surface area (Å²) in [5.41, 5.74) is 8.63. The van der Waals surface area contributed by atoms with Crippen LogP contribution in [0.1, 0.15) is 12.5 Å². The van der Waals surface area contributed by atoms with Gasteiger partial charge in [0.15, 0.2) is 0 Å². The van der Waals surface area contributed by atoms with Crippen molar-refractivity contribution in [1.29, 1.82) is 5.26 Å². The summed E-state index contributed by atoms with van der Waals surface area (Å²) in [6.07, 6.45) is 3.68. The van der Waals surface area contributed by atoms with Crippen LogP contribution in [0, 0.1) is 11.3 Å². The number of nitrogens with zero attached hydrogens (tertiary/aromatic N) is 3. The van der Waals surface area contributed by atoms with Crippen molar-refractivity contribution in [3.8, 4) is 17.2 Å². The predicted molar refractivity (Wildman–Crippen MR) is 62.5 cm³/mol. The van der Waals surface area contributed by atoms with Crippen molar-refractivity contribution in [2.24, 2.45) is 0 Å². The SMILES string of the molecule is CCn1cc(-c2ccc(N)cc2C#N)cn1. The molecule has 1 aromatic carbocycles. The van der Waals surface area contributed by atoms with E-state index in [2.05, 4.69) is 11.2 Å². The van der Waals surface area contributed by atoms with Crippen LogP contribution in [0.3, 0.4) is 0 Å². The fourth-order valence-electron chi connectivity index (χ4n) is 1.58. The van der Waals surface area contributed by atoms with Gasteiger partial charge in [0.05, 0.1) is 17.8 Å². The van der Waals surface area contributed by atoms with Gasteiger partial charge >= 0.3 is 0 Å². The Balaban J connectivity index is 2.51. The summed E-state index contributed by atoms with van der Waals surface area (Å²) in [6.45, 7) is 2.84. The van der Waals surface area contributed by atoms with Crippen LogP contribution in [0.15, 0.2) is 30.6 Å². The summed E-state index contributed by atoms with van der Waals surface area (Å²) in [7, 11) is 0. The summed E-state index contributed by atoms with van der Waals surface area (Å²) in [6, 6.07) is 7.47. The highest BCUT2D eigenvalue weighted by molar-refractivity contribution is 5.71. The van der Waals surface area contributed by atoms with Crippen molar-refractivity contribution in [1.82, 2.24) is 9.78 Å². The summed E-state index contributed by atoms with van der Waals surface area (Å²) < 4.78 is 1.83. The first-order valence-corrected chi connectivity index (χ1v) is 5.07. The largest absolute Gasteiger partial charge is 0.399 e. The van der Waals surface area contributed by atoms with Crippen molar-refractivity contribution in [3.05, 3.63) is 36.2 Å². The number of rotatable bonds is 2. The van der Waals surface area contributed by atoms with Gasteiger partial charge in [0.2, 0.25) is 0 Å². The molecular formula is C12H12N4. The van der Waals surface area contributed by atoms with E-state index in [4.69, 9.17) is 11.0 Å². The zero-order chi connectivity index (χ0) is 11.5. The summed E-state index contributed by atoms with van der Waals surface area (Å²) >= 11 is 0. The third-order valence-corrected chi connectivity index (χ3v) is 2.43. The number of hydrogen-bond acceptors (Lipinski definition) is 3. The van der Waals surface area contributed by atoms with Gasteiger partial charge in [-0.15, -0.1) is 0 Å². The quantitative estimate of drug-likeness (QED) is 0.774. The maximum atomic E-state index is 9.04. The van der Waals surface area contributed by atoms with Gasteiger partial charge in [-0.3, -0.25) is 4.68 Å². The Bertz CT molecular complexity index is 548. The Kier molecular flexibility index (Phi) is 2.61. The molecule has 0 spiro atoms. The lowest BCUT2D eigenvalue weighted by molar-refractivity contribution is 0.660. The average Bonchev–Trinajstić information content (AvgIpc) is 2.77. The molecule has 0 aliphatic carbocycles. The molecule has 1 heterocycles. The zero-order valence-corrected chi connectivity index (χ0v) is 9.01. The molecule has 2 N–H and O–H groups in total. The number of nitrogens with two attached hydrogens (primary N) is 1. The van der Waals surface area contributed by atoms with E-state index in [1.165, 1.54) is 0 Å². The second-order valence-corrected chi connectivity index (χ2v) is 3.50. The van der Waals surface area contributed by atoms with Crippen molar-refractivity contribution in [2.75, 3.05) is 5.73 Å². The number of hydrogen-bond donors (Lipinski definition) is 1. The number of nitriles is 1. The molecule has 0 unspecified atom stereocenters. The van der Waals surface area contributed by atoms with Gasteiger partial charge in [-0.2, -0.15) is 10.4 Å². The van der Waals surface area contributed by atoms with Gasteiger partial charge in [-0.1, -0.05) is 6.07 Å². The van der Waals surface area contributed by atoms with E-state index in [0.29, 0.717) is 11.3 Å². The highest BCUT2D eigenvalue weighted by atomic mass is 15.3. The van der Waals surface area contributed by atoms with Gasteiger partial charge in [-0.25, -0.2) is 0 Å². The lowest BCUT2D eigenvalue weighted by Gasteiger charge is -2.01. The van der Waals surface area contributed by atoms with Gasteiger partial charge in [0, 0.05) is 29.6 Å². The molecular weight excluding hydrogens is 200 g/mol. The molecule has 0 atom stereocenters. The first-order chi connectivity index (χ1) is 7.74. The van der Waals surface area contributed by atoms with Crippen LogP contribution in [0.2, 0.25) is 0 Å². The van der Waals surface area contributed by atoms with E-state index in [9.17, 15) is 0 Å². The molecule has 0 fully saturated rings. The molecule has 2 rings (SSSR count). The van der Waals surface area contributed by atoms with Crippen molar-refractivity contribution >= 4 is 5.69 Å². The van der Waals surface area contributed by atoms with Crippen LogP contribution in [0.4, 0.5) is 5.69 Å². The molecule has 0 saturated heterocycles. The summed E-state index contributed by atoms with van der Waals surface area (Å²) in [5.74, 6) is 0. The summed E-state index contributed by atoms with van der Waals surface area (Å²) in [5, 5.41) is 13.2. The highest BCUT2D eigenvalue weighted by Gasteiger charge is 2.07. The molecule has 0 amide bonds. The lowest BCUT2D eigenvalue weighted by atomic mass is 10.0. The molecule has 0 radical (unpaired) electrons. The second kappa shape index (κ2) is 4.07. The molecule has 0 aliphatic rings. The predicted octanol–water partition coefficient (Wildman–Crippen LogP) is 2.02. The van der Waals surface area contributed by atoms with E-state index in [0.717, 1.165) is 17.7 Å². The van der Waals surface area contributed by atoms with E-state index in [-0.39, 0.29) is 0 Å². The molecule has 16 heavy (non-hydrogen) atoms. The first-order valence-electron chi connectivity index (χ1n) is 5.07. The fraction of sp³-hybridized carbons (Fsp3) is 0.167. The van der Waals surface area contributed by atoms with Gasteiger partial charge in [0.25, 0.3) is 0 Å². The van der Waals surface area contributed by atoms with Crippen LogP contribution < -0.4 is 5.73 Å². The third-order valence-electron chi connectivity index (χ3n) is 2.43. The molecule has 0 bridgehead atoms. The van der Waals surface area contributed by atoms with E-state index in [1.54, 1.807) is 18.3 Å². The zero-order valence-electron chi connectivity index (χ0n) is 9.01. The Labute approximate surface area is 93.9 Å². The minimum atomic E-state index is 0.579. The van der Waals surface area contributed by atoms with E-state index in [1.807, 2.05) is 23.9 Å². The monoisotopic (exact) mass is 212 g/mol. The average molecular weight is 212 g/mol. The molecule has 4 heteroatoms. The molecule has 0 aliphatic heterocycles. The standard InChI is InChI=1S/C12H12N4/c1-2-16-8-10(7-15-16)12-4-3-11(14)5-9(12)6-13/h3-5,7-8H,2,14H2,1H3. The van der Waals surface area contributed by atoms with Crippen LogP contribution in [-0.4, -0.2) is 9.78 Å². The molecule has 80 valence electrons.